The second-order valence-electron chi connectivity index (χ2n) is 8.49. The fourth-order valence-electron chi connectivity index (χ4n) is 4.36. The summed E-state index contributed by atoms with van der Waals surface area (Å²) in [5, 5.41) is 3.75. The van der Waals surface area contributed by atoms with Crippen LogP contribution in [-0.4, -0.2) is 50.1 Å². The van der Waals surface area contributed by atoms with E-state index in [0.717, 1.165) is 49.1 Å². The lowest BCUT2D eigenvalue weighted by Crippen LogP contribution is -2.47. The number of benzene rings is 2. The Kier molecular flexibility index (Phi) is 6.96. The monoisotopic (exact) mass is 465 g/mol. The Morgan fingerprint density at radius 2 is 1.81 bits per heavy atom. The van der Waals surface area contributed by atoms with Crippen LogP contribution in [0.25, 0.3) is 0 Å². The lowest BCUT2D eigenvalue weighted by Gasteiger charge is -2.36. The number of halogens is 4. The lowest BCUT2D eigenvalue weighted by atomic mass is 10.1. The second kappa shape index (κ2) is 9.71. The Balaban J connectivity index is 1.15. The highest BCUT2D eigenvalue weighted by molar-refractivity contribution is 6.31. The number of amides is 1. The first kappa shape index (κ1) is 22.9. The van der Waals surface area contributed by atoms with Gasteiger partial charge in [0.05, 0.1) is 5.56 Å². The third-order valence-electron chi connectivity index (χ3n) is 6.29. The Morgan fingerprint density at radius 1 is 1.06 bits per heavy atom. The van der Waals surface area contributed by atoms with Crippen molar-refractivity contribution in [3.63, 3.8) is 0 Å². The van der Waals surface area contributed by atoms with Crippen molar-refractivity contribution in [1.29, 1.82) is 0 Å². The maximum Gasteiger partial charge on any atom is 0.416 e. The maximum absolute atomic E-state index is 12.9. The molecule has 1 amide bonds. The Labute approximate surface area is 191 Å². The highest BCUT2D eigenvalue weighted by Crippen LogP contribution is 2.49. The molecule has 2 aliphatic rings. The Bertz CT molecular complexity index is 944. The van der Waals surface area contributed by atoms with Gasteiger partial charge in [0.15, 0.2) is 0 Å². The van der Waals surface area contributed by atoms with E-state index in [9.17, 15) is 18.0 Å². The number of piperazine rings is 1. The summed E-state index contributed by atoms with van der Waals surface area (Å²) in [6.45, 7) is 4.45. The molecule has 4 nitrogen and oxygen atoms in total. The van der Waals surface area contributed by atoms with E-state index < -0.39 is 11.7 Å². The highest BCUT2D eigenvalue weighted by atomic mass is 35.5. The van der Waals surface area contributed by atoms with Crippen LogP contribution in [0.15, 0.2) is 48.5 Å². The summed E-state index contributed by atoms with van der Waals surface area (Å²) in [5.41, 5.74) is 1.05. The SMILES string of the molecule is O=C(NCCCN1CCN(c2cccc(C(F)(F)F)c2)CC1)C1CC1c1ccccc1Cl. The molecule has 1 heterocycles. The van der Waals surface area contributed by atoms with Crippen molar-refractivity contribution in [1.82, 2.24) is 10.2 Å². The predicted molar refractivity (Wildman–Crippen MR) is 120 cm³/mol. The van der Waals surface area contributed by atoms with E-state index in [-0.39, 0.29) is 17.7 Å². The second-order valence-corrected chi connectivity index (χ2v) is 8.90. The van der Waals surface area contributed by atoms with Gasteiger partial charge in [0.1, 0.15) is 0 Å². The minimum absolute atomic E-state index is 0.00547. The number of nitrogens with zero attached hydrogens (tertiary/aromatic N) is 2. The predicted octanol–water partition coefficient (Wildman–Crippen LogP) is 4.79. The van der Waals surface area contributed by atoms with Crippen LogP contribution in [0.5, 0.6) is 0 Å². The molecule has 1 N–H and O–H groups in total. The first-order valence-electron chi connectivity index (χ1n) is 11.0. The molecule has 0 radical (unpaired) electrons. The van der Waals surface area contributed by atoms with Gasteiger partial charge in [0.2, 0.25) is 5.91 Å². The number of nitrogens with one attached hydrogen (secondary N) is 1. The number of anilines is 1. The van der Waals surface area contributed by atoms with Crippen LogP contribution in [-0.2, 0) is 11.0 Å². The van der Waals surface area contributed by atoms with Crippen LogP contribution >= 0.6 is 11.6 Å². The topological polar surface area (TPSA) is 35.6 Å². The standard InChI is InChI=1S/C24H27ClF3N3O/c25-22-8-2-1-7-19(22)20-16-21(20)23(32)29-9-4-10-30-11-13-31(14-12-30)18-6-3-5-17(15-18)24(26,27)28/h1-3,5-8,15,20-21H,4,9-14,16H2,(H,29,32). The molecule has 172 valence electrons. The molecule has 0 spiro atoms. The van der Waals surface area contributed by atoms with Crippen molar-refractivity contribution in [2.75, 3.05) is 44.2 Å². The smallest absolute Gasteiger partial charge is 0.369 e. The fraction of sp³-hybridized carbons (Fsp3) is 0.458. The molecular weight excluding hydrogens is 439 g/mol. The molecule has 8 heteroatoms. The van der Waals surface area contributed by atoms with E-state index >= 15 is 0 Å². The zero-order valence-electron chi connectivity index (χ0n) is 17.7. The Morgan fingerprint density at radius 3 is 2.53 bits per heavy atom. The van der Waals surface area contributed by atoms with Gasteiger partial charge in [-0.1, -0.05) is 35.9 Å². The molecule has 0 aromatic heterocycles. The molecule has 2 unspecified atom stereocenters. The molecule has 2 aromatic rings. The lowest BCUT2D eigenvalue weighted by molar-refractivity contribution is -0.137. The molecule has 1 aliphatic heterocycles. The van der Waals surface area contributed by atoms with Gasteiger partial charge in [-0.05, 0) is 55.1 Å². The van der Waals surface area contributed by atoms with Gasteiger partial charge in [0, 0.05) is 49.4 Å². The van der Waals surface area contributed by atoms with E-state index in [0.29, 0.717) is 25.3 Å². The van der Waals surface area contributed by atoms with Crippen molar-refractivity contribution in [3.8, 4) is 0 Å². The fourth-order valence-corrected chi connectivity index (χ4v) is 4.63. The molecule has 2 atom stereocenters. The van der Waals surface area contributed by atoms with Crippen molar-refractivity contribution in [3.05, 3.63) is 64.7 Å². The zero-order valence-corrected chi connectivity index (χ0v) is 18.5. The summed E-state index contributed by atoms with van der Waals surface area (Å²) in [4.78, 5) is 16.7. The largest absolute Gasteiger partial charge is 0.416 e. The number of rotatable bonds is 7. The molecular formula is C24H27ClF3N3O. The van der Waals surface area contributed by atoms with Crippen molar-refractivity contribution < 1.29 is 18.0 Å². The van der Waals surface area contributed by atoms with Gasteiger partial charge in [0.25, 0.3) is 0 Å². The highest BCUT2D eigenvalue weighted by Gasteiger charge is 2.44. The number of hydrogen-bond donors (Lipinski definition) is 1. The Hall–Kier alpha value is -2.25. The summed E-state index contributed by atoms with van der Waals surface area (Å²) in [5.74, 6) is 0.308. The molecule has 0 bridgehead atoms. The molecule has 32 heavy (non-hydrogen) atoms. The third-order valence-corrected chi connectivity index (χ3v) is 6.64. The number of alkyl halides is 3. The maximum atomic E-state index is 12.9. The van der Waals surface area contributed by atoms with E-state index in [1.807, 2.05) is 29.2 Å². The van der Waals surface area contributed by atoms with Crippen molar-refractivity contribution >= 4 is 23.2 Å². The van der Waals surface area contributed by atoms with Crippen LogP contribution in [0.3, 0.4) is 0 Å². The minimum atomic E-state index is -4.32. The van der Waals surface area contributed by atoms with E-state index in [1.165, 1.54) is 12.1 Å². The quantitative estimate of drug-likeness (QED) is 0.597. The third kappa shape index (κ3) is 5.56. The van der Waals surface area contributed by atoms with E-state index in [2.05, 4.69) is 10.2 Å². The average Bonchev–Trinajstić information content (AvgIpc) is 3.58. The number of carbonyl (C=O) groups excluding carboxylic acids is 1. The van der Waals surface area contributed by atoms with Crippen LogP contribution in [0.4, 0.5) is 18.9 Å². The average molecular weight is 466 g/mol. The van der Waals surface area contributed by atoms with Gasteiger partial charge < -0.3 is 10.2 Å². The van der Waals surface area contributed by atoms with E-state index in [1.54, 1.807) is 6.07 Å². The van der Waals surface area contributed by atoms with Crippen LogP contribution < -0.4 is 10.2 Å². The summed E-state index contributed by atoms with van der Waals surface area (Å²) in [6, 6.07) is 13.2. The normalized spacial score (nSPS) is 21.4. The first-order valence-corrected chi connectivity index (χ1v) is 11.4. The van der Waals surface area contributed by atoms with Crippen molar-refractivity contribution in [2.45, 2.75) is 24.9 Å². The van der Waals surface area contributed by atoms with Gasteiger partial charge in [-0.3, -0.25) is 9.69 Å². The van der Waals surface area contributed by atoms with Crippen molar-refractivity contribution in [2.24, 2.45) is 5.92 Å². The van der Waals surface area contributed by atoms with Crippen LogP contribution in [0.2, 0.25) is 5.02 Å². The van der Waals surface area contributed by atoms with Gasteiger partial charge in [-0.25, -0.2) is 0 Å². The molecule has 2 fully saturated rings. The molecule has 4 rings (SSSR count). The molecule has 2 aromatic carbocycles. The summed E-state index contributed by atoms with van der Waals surface area (Å²) >= 11 is 6.23. The van der Waals surface area contributed by atoms with E-state index in [4.69, 9.17) is 11.6 Å². The minimum Gasteiger partial charge on any atom is -0.369 e. The number of hydrogen-bond acceptors (Lipinski definition) is 3. The van der Waals surface area contributed by atoms with Gasteiger partial charge in [-0.15, -0.1) is 0 Å². The first-order chi connectivity index (χ1) is 15.3. The molecule has 1 saturated carbocycles. The van der Waals surface area contributed by atoms with Gasteiger partial charge in [-0.2, -0.15) is 13.2 Å². The molecule has 1 aliphatic carbocycles. The molecule has 1 saturated heterocycles. The summed E-state index contributed by atoms with van der Waals surface area (Å²) in [7, 11) is 0. The summed E-state index contributed by atoms with van der Waals surface area (Å²) in [6.07, 6.45) is -2.64. The number of carbonyl (C=O) groups is 1. The van der Waals surface area contributed by atoms with Gasteiger partial charge >= 0.3 is 6.18 Å². The summed E-state index contributed by atoms with van der Waals surface area (Å²) < 4.78 is 38.8. The zero-order chi connectivity index (χ0) is 22.7. The van der Waals surface area contributed by atoms with Crippen LogP contribution in [0.1, 0.15) is 29.9 Å². The van der Waals surface area contributed by atoms with Crippen LogP contribution in [0, 0.1) is 5.92 Å².